The Morgan fingerprint density at radius 2 is 1.50 bits per heavy atom. The molecule has 0 unspecified atom stereocenters. The number of methoxy groups -OCH3 is 1. The minimum atomic E-state index is 0.00251. The Kier molecular flexibility index (Phi) is 6.23. The second-order valence-electron chi connectivity index (χ2n) is 5.93. The molecule has 0 fully saturated rings. The van der Waals surface area contributed by atoms with Crippen LogP contribution in [0, 0.1) is 0 Å². The molecule has 4 heteroatoms. The predicted molar refractivity (Wildman–Crippen MR) is 110 cm³/mol. The third-order valence-electron chi connectivity index (χ3n) is 4.13. The average molecular weight is 362 g/mol. The van der Waals surface area contributed by atoms with E-state index >= 15 is 0 Å². The van der Waals surface area contributed by atoms with Crippen LogP contribution >= 0.6 is 12.2 Å². The van der Waals surface area contributed by atoms with Crippen molar-refractivity contribution in [1.29, 1.82) is 0 Å². The molecule has 3 aromatic carbocycles. The Morgan fingerprint density at radius 1 is 0.885 bits per heavy atom. The van der Waals surface area contributed by atoms with Gasteiger partial charge < -0.3 is 15.4 Å². The van der Waals surface area contributed by atoms with Gasteiger partial charge in [-0.3, -0.25) is 0 Å². The Balaban J connectivity index is 1.69. The number of nitrogens with one attached hydrogen (secondary N) is 2. The van der Waals surface area contributed by atoms with Crippen molar-refractivity contribution in [3.8, 4) is 5.75 Å². The number of hydrogen-bond acceptors (Lipinski definition) is 2. The van der Waals surface area contributed by atoms with Crippen LogP contribution in [0.1, 0.15) is 22.7 Å². The number of rotatable bonds is 6. The molecule has 0 aliphatic carbocycles. The molecule has 0 amide bonds. The molecule has 0 aliphatic heterocycles. The summed E-state index contributed by atoms with van der Waals surface area (Å²) in [5, 5.41) is 7.34. The maximum atomic E-state index is 5.54. The molecule has 26 heavy (non-hydrogen) atoms. The van der Waals surface area contributed by atoms with Gasteiger partial charge in [-0.15, -0.1) is 0 Å². The van der Waals surface area contributed by atoms with Crippen molar-refractivity contribution in [2.45, 2.75) is 12.6 Å². The van der Waals surface area contributed by atoms with Crippen LogP contribution in [-0.2, 0) is 6.54 Å². The number of benzene rings is 3. The highest BCUT2D eigenvalue weighted by molar-refractivity contribution is 7.80. The Labute approximate surface area is 160 Å². The van der Waals surface area contributed by atoms with Crippen molar-refractivity contribution in [2.24, 2.45) is 0 Å². The van der Waals surface area contributed by atoms with Crippen LogP contribution in [0.3, 0.4) is 0 Å². The molecule has 0 bridgehead atoms. The summed E-state index contributed by atoms with van der Waals surface area (Å²) in [4.78, 5) is 0. The third-order valence-corrected chi connectivity index (χ3v) is 4.39. The largest absolute Gasteiger partial charge is 0.497 e. The van der Waals surface area contributed by atoms with E-state index in [1.54, 1.807) is 7.11 Å². The summed E-state index contributed by atoms with van der Waals surface area (Å²) in [7, 11) is 1.67. The second kappa shape index (κ2) is 9.02. The summed E-state index contributed by atoms with van der Waals surface area (Å²) in [6, 6.07) is 28.6. The molecule has 3 nitrogen and oxygen atoms in total. The molecule has 0 heterocycles. The van der Waals surface area contributed by atoms with Gasteiger partial charge in [0, 0.05) is 6.54 Å². The molecular weight excluding hydrogens is 340 g/mol. The van der Waals surface area contributed by atoms with Crippen molar-refractivity contribution < 1.29 is 4.74 Å². The van der Waals surface area contributed by atoms with Gasteiger partial charge in [-0.05, 0) is 41.0 Å². The molecule has 0 saturated carbocycles. The first kappa shape index (κ1) is 18.0. The fourth-order valence-electron chi connectivity index (χ4n) is 2.80. The molecule has 0 saturated heterocycles. The number of ether oxygens (including phenoxy) is 1. The van der Waals surface area contributed by atoms with E-state index in [0.29, 0.717) is 11.7 Å². The highest BCUT2D eigenvalue weighted by Crippen LogP contribution is 2.21. The molecule has 0 spiro atoms. The van der Waals surface area contributed by atoms with Gasteiger partial charge in [0.2, 0.25) is 0 Å². The molecule has 3 aromatic rings. The second-order valence-corrected chi connectivity index (χ2v) is 6.34. The maximum Gasteiger partial charge on any atom is 0.167 e. The standard InChI is InChI=1S/C22H22N2OS/c1-25-20-14-8-9-17(15-20)16-23-22(26)24-21(18-10-4-2-5-11-18)19-12-6-3-7-13-19/h2-15,21H,16H2,1H3,(H2,23,24,26). The van der Waals surface area contributed by atoms with Crippen LogP contribution in [0.25, 0.3) is 0 Å². The van der Waals surface area contributed by atoms with E-state index in [4.69, 9.17) is 17.0 Å². The molecule has 3 rings (SSSR count). The lowest BCUT2D eigenvalue weighted by molar-refractivity contribution is 0.414. The highest BCUT2D eigenvalue weighted by Gasteiger charge is 2.14. The van der Waals surface area contributed by atoms with Gasteiger partial charge in [0.15, 0.2) is 5.11 Å². The number of hydrogen-bond donors (Lipinski definition) is 2. The van der Waals surface area contributed by atoms with E-state index in [9.17, 15) is 0 Å². The van der Waals surface area contributed by atoms with Crippen molar-refractivity contribution in [2.75, 3.05) is 7.11 Å². The Bertz CT molecular complexity index is 798. The van der Waals surface area contributed by atoms with Crippen LogP contribution in [0.2, 0.25) is 0 Å². The van der Waals surface area contributed by atoms with Crippen molar-refractivity contribution >= 4 is 17.3 Å². The molecule has 0 aromatic heterocycles. The Morgan fingerprint density at radius 3 is 2.08 bits per heavy atom. The first-order valence-electron chi connectivity index (χ1n) is 8.53. The van der Waals surface area contributed by atoms with Crippen LogP contribution in [0.5, 0.6) is 5.75 Å². The zero-order valence-corrected chi connectivity index (χ0v) is 15.5. The normalized spacial score (nSPS) is 10.4. The quantitative estimate of drug-likeness (QED) is 0.635. The summed E-state index contributed by atoms with van der Waals surface area (Å²) in [5.74, 6) is 0.842. The molecule has 0 atom stereocenters. The minimum Gasteiger partial charge on any atom is -0.497 e. The fraction of sp³-hybridized carbons (Fsp3) is 0.136. The SMILES string of the molecule is COc1cccc(CNC(=S)NC(c2ccccc2)c2ccccc2)c1. The predicted octanol–water partition coefficient (Wildman–Crippen LogP) is 4.45. The molecule has 0 aliphatic rings. The van der Waals surface area contributed by atoms with E-state index in [-0.39, 0.29) is 6.04 Å². The summed E-state index contributed by atoms with van der Waals surface area (Å²) < 4.78 is 5.27. The molecule has 132 valence electrons. The van der Waals surface area contributed by atoms with Crippen LogP contribution in [0.15, 0.2) is 84.9 Å². The monoisotopic (exact) mass is 362 g/mol. The lowest BCUT2D eigenvalue weighted by Gasteiger charge is -2.22. The van der Waals surface area contributed by atoms with E-state index in [2.05, 4.69) is 34.9 Å². The van der Waals surface area contributed by atoms with Gasteiger partial charge in [0.1, 0.15) is 5.75 Å². The average Bonchev–Trinajstić information content (AvgIpc) is 2.72. The fourth-order valence-corrected chi connectivity index (χ4v) is 2.99. The first-order valence-corrected chi connectivity index (χ1v) is 8.94. The topological polar surface area (TPSA) is 33.3 Å². The Hall–Kier alpha value is -2.85. The number of thiocarbonyl (C=S) groups is 1. The van der Waals surface area contributed by atoms with Crippen LogP contribution in [0.4, 0.5) is 0 Å². The van der Waals surface area contributed by atoms with Crippen molar-refractivity contribution in [1.82, 2.24) is 10.6 Å². The van der Waals surface area contributed by atoms with E-state index < -0.39 is 0 Å². The lowest BCUT2D eigenvalue weighted by atomic mass is 9.99. The first-order chi connectivity index (χ1) is 12.8. The summed E-state index contributed by atoms with van der Waals surface area (Å²) in [6.45, 7) is 0.638. The zero-order valence-electron chi connectivity index (χ0n) is 14.7. The molecule has 0 radical (unpaired) electrons. The van der Waals surface area contributed by atoms with E-state index in [1.807, 2.05) is 60.7 Å². The van der Waals surface area contributed by atoms with Crippen LogP contribution in [-0.4, -0.2) is 12.2 Å². The minimum absolute atomic E-state index is 0.00251. The van der Waals surface area contributed by atoms with E-state index in [1.165, 1.54) is 11.1 Å². The summed E-state index contributed by atoms with van der Waals surface area (Å²) >= 11 is 5.54. The van der Waals surface area contributed by atoms with E-state index in [0.717, 1.165) is 11.3 Å². The summed E-state index contributed by atoms with van der Waals surface area (Å²) in [5.41, 5.74) is 3.46. The summed E-state index contributed by atoms with van der Waals surface area (Å²) in [6.07, 6.45) is 0. The van der Waals surface area contributed by atoms with Crippen molar-refractivity contribution in [3.63, 3.8) is 0 Å². The lowest BCUT2D eigenvalue weighted by Crippen LogP contribution is -2.37. The third kappa shape index (κ3) is 4.83. The van der Waals surface area contributed by atoms with Gasteiger partial charge in [-0.1, -0.05) is 72.8 Å². The van der Waals surface area contributed by atoms with Gasteiger partial charge >= 0.3 is 0 Å². The van der Waals surface area contributed by atoms with Gasteiger partial charge in [-0.25, -0.2) is 0 Å². The molecular formula is C22H22N2OS. The van der Waals surface area contributed by atoms with Crippen molar-refractivity contribution in [3.05, 3.63) is 102 Å². The molecule has 2 N–H and O–H groups in total. The van der Waals surface area contributed by atoms with Gasteiger partial charge in [-0.2, -0.15) is 0 Å². The zero-order chi connectivity index (χ0) is 18.2. The van der Waals surface area contributed by atoms with Crippen LogP contribution < -0.4 is 15.4 Å². The van der Waals surface area contributed by atoms with Gasteiger partial charge in [0.25, 0.3) is 0 Å². The smallest absolute Gasteiger partial charge is 0.167 e. The van der Waals surface area contributed by atoms with Gasteiger partial charge in [0.05, 0.1) is 13.2 Å². The highest BCUT2D eigenvalue weighted by atomic mass is 32.1. The maximum absolute atomic E-state index is 5.54.